The van der Waals surface area contributed by atoms with Gasteiger partial charge >= 0.3 is 0 Å². The highest BCUT2D eigenvalue weighted by molar-refractivity contribution is 5.96. The van der Waals surface area contributed by atoms with Gasteiger partial charge in [0.1, 0.15) is 5.82 Å². The molecular formula is C14H14FNO. The maximum Gasteiger partial charge on any atom is 0.164 e. The molecule has 0 aliphatic carbocycles. The minimum absolute atomic E-state index is 0.0925. The standard InChI is InChI=1S/C14H14FNO/c1-16-8-7-12(10-16)14(17)6-5-11-3-2-4-13(15)9-11/h2-4,7-10H,5-6H2,1H3. The first-order valence-electron chi connectivity index (χ1n) is 5.55. The van der Waals surface area contributed by atoms with Crippen LogP contribution in [-0.4, -0.2) is 10.4 Å². The zero-order chi connectivity index (χ0) is 12.3. The van der Waals surface area contributed by atoms with Crippen LogP contribution >= 0.6 is 0 Å². The smallest absolute Gasteiger partial charge is 0.164 e. The summed E-state index contributed by atoms with van der Waals surface area (Å²) in [6.07, 6.45) is 4.63. The van der Waals surface area contributed by atoms with Gasteiger partial charge in [0.15, 0.2) is 5.78 Å². The quantitative estimate of drug-likeness (QED) is 0.741. The number of hydrogen-bond acceptors (Lipinski definition) is 1. The number of aryl methyl sites for hydroxylation is 2. The zero-order valence-corrected chi connectivity index (χ0v) is 9.69. The molecule has 0 amide bonds. The Hall–Kier alpha value is -1.90. The summed E-state index contributed by atoms with van der Waals surface area (Å²) >= 11 is 0. The largest absolute Gasteiger partial charge is 0.357 e. The summed E-state index contributed by atoms with van der Waals surface area (Å²) in [5, 5.41) is 0. The van der Waals surface area contributed by atoms with Crippen LogP contribution in [0.3, 0.4) is 0 Å². The van der Waals surface area contributed by atoms with Crippen LogP contribution in [0.15, 0.2) is 42.7 Å². The van der Waals surface area contributed by atoms with Crippen LogP contribution in [0.2, 0.25) is 0 Å². The monoisotopic (exact) mass is 231 g/mol. The van der Waals surface area contributed by atoms with Gasteiger partial charge in [0.25, 0.3) is 0 Å². The van der Waals surface area contributed by atoms with Crippen molar-refractivity contribution in [3.05, 3.63) is 59.7 Å². The molecule has 1 aromatic heterocycles. The molecule has 1 heterocycles. The second kappa shape index (κ2) is 4.95. The highest BCUT2D eigenvalue weighted by atomic mass is 19.1. The molecule has 2 nitrogen and oxygen atoms in total. The highest BCUT2D eigenvalue weighted by Crippen LogP contribution is 2.10. The van der Waals surface area contributed by atoms with Crippen LogP contribution in [-0.2, 0) is 13.5 Å². The molecule has 0 unspecified atom stereocenters. The van der Waals surface area contributed by atoms with E-state index in [0.717, 1.165) is 5.56 Å². The van der Waals surface area contributed by atoms with Gasteiger partial charge < -0.3 is 4.57 Å². The summed E-state index contributed by atoms with van der Waals surface area (Å²) in [5.74, 6) is -0.162. The van der Waals surface area contributed by atoms with Gasteiger partial charge in [0.05, 0.1) is 0 Å². The third-order valence-electron chi connectivity index (χ3n) is 2.68. The third kappa shape index (κ3) is 3.03. The summed E-state index contributed by atoms with van der Waals surface area (Å²) in [6, 6.07) is 8.17. The van der Waals surface area contributed by atoms with Gasteiger partial charge in [-0.15, -0.1) is 0 Å². The van der Waals surface area contributed by atoms with Gasteiger partial charge in [0.2, 0.25) is 0 Å². The minimum Gasteiger partial charge on any atom is -0.357 e. The van der Waals surface area contributed by atoms with E-state index in [2.05, 4.69) is 0 Å². The SMILES string of the molecule is Cn1ccc(C(=O)CCc2cccc(F)c2)c1. The molecule has 0 bridgehead atoms. The predicted molar refractivity (Wildman–Crippen MR) is 64.5 cm³/mol. The average molecular weight is 231 g/mol. The Labute approximate surface area is 99.7 Å². The van der Waals surface area contributed by atoms with E-state index in [0.29, 0.717) is 18.4 Å². The summed E-state index contributed by atoms with van der Waals surface area (Å²) < 4.78 is 14.8. The molecule has 0 aliphatic heterocycles. The molecular weight excluding hydrogens is 217 g/mol. The van der Waals surface area contributed by atoms with E-state index in [9.17, 15) is 9.18 Å². The van der Waals surface area contributed by atoms with Crippen molar-refractivity contribution in [3.63, 3.8) is 0 Å². The number of carbonyl (C=O) groups is 1. The Morgan fingerprint density at radius 3 is 2.82 bits per heavy atom. The lowest BCUT2D eigenvalue weighted by Crippen LogP contribution is -2.00. The minimum atomic E-state index is -0.255. The van der Waals surface area contributed by atoms with Gasteiger partial charge in [-0.2, -0.15) is 0 Å². The molecule has 0 saturated carbocycles. The Kier molecular flexibility index (Phi) is 3.38. The van der Waals surface area contributed by atoms with Crippen LogP contribution < -0.4 is 0 Å². The van der Waals surface area contributed by atoms with E-state index in [1.165, 1.54) is 12.1 Å². The van der Waals surface area contributed by atoms with Crippen molar-refractivity contribution < 1.29 is 9.18 Å². The van der Waals surface area contributed by atoms with E-state index in [-0.39, 0.29) is 11.6 Å². The lowest BCUT2D eigenvalue weighted by molar-refractivity contribution is 0.0983. The number of halogens is 1. The summed E-state index contributed by atoms with van der Waals surface area (Å²) in [7, 11) is 1.88. The molecule has 0 radical (unpaired) electrons. The number of rotatable bonds is 4. The fourth-order valence-electron chi connectivity index (χ4n) is 1.76. The van der Waals surface area contributed by atoms with Crippen molar-refractivity contribution in [2.75, 3.05) is 0 Å². The lowest BCUT2D eigenvalue weighted by atomic mass is 10.0. The topological polar surface area (TPSA) is 22.0 Å². The van der Waals surface area contributed by atoms with Crippen molar-refractivity contribution >= 4 is 5.78 Å². The molecule has 0 atom stereocenters. The number of benzene rings is 1. The zero-order valence-electron chi connectivity index (χ0n) is 9.69. The van der Waals surface area contributed by atoms with E-state index >= 15 is 0 Å². The summed E-state index contributed by atoms with van der Waals surface area (Å²) in [6.45, 7) is 0. The molecule has 17 heavy (non-hydrogen) atoms. The maximum absolute atomic E-state index is 12.9. The molecule has 0 N–H and O–H groups in total. The summed E-state index contributed by atoms with van der Waals surface area (Å²) in [4.78, 5) is 11.8. The third-order valence-corrected chi connectivity index (χ3v) is 2.68. The van der Waals surface area contributed by atoms with E-state index in [1.54, 1.807) is 18.3 Å². The molecule has 2 aromatic rings. The maximum atomic E-state index is 12.9. The van der Waals surface area contributed by atoms with E-state index in [4.69, 9.17) is 0 Å². The number of Topliss-reactive ketones (excluding diaryl/α,β-unsaturated/α-hetero) is 1. The van der Waals surface area contributed by atoms with Crippen molar-refractivity contribution in [1.82, 2.24) is 4.57 Å². The van der Waals surface area contributed by atoms with Crippen molar-refractivity contribution in [2.24, 2.45) is 7.05 Å². The Balaban J connectivity index is 1.97. The fraction of sp³-hybridized carbons (Fsp3) is 0.214. The first kappa shape index (κ1) is 11.6. The van der Waals surface area contributed by atoms with Crippen LogP contribution in [0.25, 0.3) is 0 Å². The molecule has 0 aliphatic rings. The number of ketones is 1. The highest BCUT2D eigenvalue weighted by Gasteiger charge is 2.07. The molecule has 0 saturated heterocycles. The second-order valence-corrected chi connectivity index (χ2v) is 4.12. The first-order chi connectivity index (χ1) is 8.15. The van der Waals surface area contributed by atoms with Crippen molar-refractivity contribution in [1.29, 1.82) is 0 Å². The predicted octanol–water partition coefficient (Wildman–Crippen LogP) is 2.98. The molecule has 2 rings (SSSR count). The fourth-order valence-corrected chi connectivity index (χ4v) is 1.76. The Bertz CT molecular complexity index is 531. The average Bonchev–Trinajstić information content (AvgIpc) is 2.73. The van der Waals surface area contributed by atoms with E-state index < -0.39 is 0 Å². The number of nitrogens with zero attached hydrogens (tertiary/aromatic N) is 1. The molecule has 0 fully saturated rings. The van der Waals surface area contributed by atoms with Gasteiger partial charge in [0, 0.05) is 31.4 Å². The Morgan fingerprint density at radius 2 is 2.18 bits per heavy atom. The van der Waals surface area contributed by atoms with Gasteiger partial charge in [-0.25, -0.2) is 4.39 Å². The van der Waals surface area contributed by atoms with Crippen LogP contribution in [0.4, 0.5) is 4.39 Å². The number of hydrogen-bond donors (Lipinski definition) is 0. The van der Waals surface area contributed by atoms with Crippen LogP contribution in [0.5, 0.6) is 0 Å². The van der Waals surface area contributed by atoms with Gasteiger partial charge in [-0.1, -0.05) is 12.1 Å². The number of carbonyl (C=O) groups excluding carboxylic acids is 1. The van der Waals surface area contributed by atoms with Crippen molar-refractivity contribution in [3.8, 4) is 0 Å². The number of aromatic nitrogens is 1. The molecule has 0 spiro atoms. The van der Waals surface area contributed by atoms with Crippen molar-refractivity contribution in [2.45, 2.75) is 12.8 Å². The van der Waals surface area contributed by atoms with Gasteiger partial charge in [-0.05, 0) is 30.2 Å². The van der Waals surface area contributed by atoms with Gasteiger partial charge in [-0.3, -0.25) is 4.79 Å². The first-order valence-corrected chi connectivity index (χ1v) is 5.55. The Morgan fingerprint density at radius 1 is 1.35 bits per heavy atom. The molecule has 88 valence electrons. The lowest BCUT2D eigenvalue weighted by Gasteiger charge is -2.00. The normalized spacial score (nSPS) is 10.5. The summed E-state index contributed by atoms with van der Waals surface area (Å²) in [5.41, 5.74) is 1.57. The molecule has 1 aromatic carbocycles. The molecule has 3 heteroatoms. The van der Waals surface area contributed by atoms with Crippen LogP contribution in [0, 0.1) is 5.82 Å². The van der Waals surface area contributed by atoms with Crippen LogP contribution in [0.1, 0.15) is 22.3 Å². The second-order valence-electron chi connectivity index (χ2n) is 4.12. The van der Waals surface area contributed by atoms with E-state index in [1.807, 2.05) is 23.9 Å².